The van der Waals surface area contributed by atoms with Crippen LogP contribution < -0.4 is 20.7 Å². The number of likely N-dealkylation sites (N-methyl/N-ethyl adjacent to an activating group) is 2. The molecule has 2 aromatic carbocycles. The summed E-state index contributed by atoms with van der Waals surface area (Å²) in [5.74, 6) is 1.15. The first kappa shape index (κ1) is 25.8. The molecule has 9 nitrogen and oxygen atoms in total. The summed E-state index contributed by atoms with van der Waals surface area (Å²) < 4.78 is 5.42. The van der Waals surface area contributed by atoms with Gasteiger partial charge < -0.3 is 20.7 Å². The molecule has 1 aliphatic carbocycles. The minimum atomic E-state index is -0.108. The minimum Gasteiger partial charge on any atom is -0.496 e. The van der Waals surface area contributed by atoms with Crippen LogP contribution in [0.1, 0.15) is 29.5 Å². The third kappa shape index (κ3) is 6.13. The van der Waals surface area contributed by atoms with Crippen molar-refractivity contribution in [3.63, 3.8) is 0 Å². The van der Waals surface area contributed by atoms with Gasteiger partial charge in [-0.15, -0.1) is 0 Å². The van der Waals surface area contributed by atoms with Gasteiger partial charge in [0.25, 0.3) is 0 Å². The van der Waals surface area contributed by atoms with Crippen LogP contribution in [0.3, 0.4) is 0 Å². The zero-order valence-electron chi connectivity index (χ0n) is 21.7. The molecule has 1 heterocycles. The highest BCUT2D eigenvalue weighted by Gasteiger charge is 2.25. The zero-order valence-corrected chi connectivity index (χ0v) is 21.7. The minimum absolute atomic E-state index is 0.108. The van der Waals surface area contributed by atoms with E-state index in [1.165, 1.54) is 19.2 Å². The largest absolute Gasteiger partial charge is 0.496 e. The molecule has 0 aliphatic heterocycles. The fraction of sp³-hybridized carbons (Fsp3) is 0.286. The third-order valence-electron chi connectivity index (χ3n) is 6.47. The summed E-state index contributed by atoms with van der Waals surface area (Å²) in [5.41, 5.74) is 9.76. The van der Waals surface area contributed by atoms with Gasteiger partial charge in [-0.25, -0.2) is 9.97 Å². The number of aromatic nitrogens is 2. The number of ether oxygens (including phenoxy) is 1. The zero-order chi connectivity index (χ0) is 26.5. The number of nitrogens with one attached hydrogen (secondary N) is 2. The summed E-state index contributed by atoms with van der Waals surface area (Å²) >= 11 is 0. The predicted molar refractivity (Wildman–Crippen MR) is 148 cm³/mol. The maximum Gasteiger partial charge on any atom is 0.250 e. The molecule has 0 radical (unpaired) electrons. The lowest BCUT2D eigenvalue weighted by Crippen LogP contribution is -2.25. The van der Waals surface area contributed by atoms with Gasteiger partial charge in [-0.2, -0.15) is 0 Å². The molecule has 4 N–H and O–H groups in total. The average Bonchev–Trinajstić information content (AvgIpc) is 3.74. The van der Waals surface area contributed by atoms with E-state index in [0.717, 1.165) is 17.8 Å². The number of aryl methyl sites for hydroxylation is 1. The highest BCUT2D eigenvalue weighted by atomic mass is 16.5. The van der Waals surface area contributed by atoms with Crippen LogP contribution in [0.15, 0.2) is 60.9 Å². The first-order chi connectivity index (χ1) is 17.8. The van der Waals surface area contributed by atoms with Crippen LogP contribution >= 0.6 is 0 Å². The molecule has 1 aliphatic rings. The summed E-state index contributed by atoms with van der Waals surface area (Å²) in [5, 5.41) is 12.1. The molecule has 1 fully saturated rings. The number of methoxy groups -OCH3 is 1. The predicted octanol–water partition coefficient (Wildman–Crippen LogP) is 4.15. The number of rotatable bonds is 10. The average molecular weight is 500 g/mol. The molecule has 0 unspecified atom stereocenters. The van der Waals surface area contributed by atoms with Gasteiger partial charge in [0.2, 0.25) is 5.91 Å². The number of nitrogens with two attached hydrogens (primary N) is 1. The second-order valence-corrected chi connectivity index (χ2v) is 9.19. The van der Waals surface area contributed by atoms with Crippen LogP contribution in [0, 0.1) is 12.3 Å². The number of nitrogens with zero attached hydrogens (tertiary/aromatic N) is 4. The van der Waals surface area contributed by atoms with Crippen LogP contribution in [0.25, 0.3) is 0 Å². The van der Waals surface area contributed by atoms with E-state index in [-0.39, 0.29) is 17.4 Å². The maximum atomic E-state index is 12.7. The monoisotopic (exact) mass is 499 g/mol. The second kappa shape index (κ2) is 11.2. The summed E-state index contributed by atoms with van der Waals surface area (Å²) in [6.45, 7) is 2.69. The lowest BCUT2D eigenvalue weighted by Gasteiger charge is -2.18. The Morgan fingerprint density at radius 1 is 1.22 bits per heavy atom. The van der Waals surface area contributed by atoms with Gasteiger partial charge in [-0.3, -0.25) is 15.1 Å². The van der Waals surface area contributed by atoms with E-state index in [0.29, 0.717) is 34.4 Å². The first-order valence-electron chi connectivity index (χ1n) is 12.1. The fourth-order valence-corrected chi connectivity index (χ4v) is 4.01. The number of hydrogen-bond donors (Lipinski definition) is 3. The molecule has 0 spiro atoms. The van der Waals surface area contributed by atoms with Crippen molar-refractivity contribution < 1.29 is 9.53 Å². The molecule has 1 saturated carbocycles. The Balaban J connectivity index is 1.53. The Labute approximate surface area is 217 Å². The molecule has 4 rings (SSSR count). The van der Waals surface area contributed by atoms with E-state index in [1.807, 2.05) is 49.4 Å². The normalized spacial score (nSPS) is 13.1. The van der Waals surface area contributed by atoms with Crippen molar-refractivity contribution in [2.24, 2.45) is 0 Å². The van der Waals surface area contributed by atoms with Crippen molar-refractivity contribution in [2.45, 2.75) is 25.8 Å². The lowest BCUT2D eigenvalue weighted by molar-refractivity contribution is -0.113. The lowest BCUT2D eigenvalue weighted by atomic mass is 10.0. The quantitative estimate of drug-likeness (QED) is 0.283. The van der Waals surface area contributed by atoms with Crippen LogP contribution in [-0.4, -0.2) is 60.3 Å². The highest BCUT2D eigenvalue weighted by molar-refractivity contribution is 6.16. The highest BCUT2D eigenvalue weighted by Crippen LogP contribution is 2.29. The van der Waals surface area contributed by atoms with Gasteiger partial charge in [0.15, 0.2) is 0 Å². The van der Waals surface area contributed by atoms with Crippen molar-refractivity contribution in [3.05, 3.63) is 77.6 Å². The molecule has 192 valence electrons. The molecular formula is C28H33N7O2. The Kier molecular flexibility index (Phi) is 7.83. The SMILES string of the molecule is COc1cc(C(=N)c2c(N)ncnc2Nc2cccc(N(C)C(=O)C=CCN(C)C3CC3)c2)ccc1C. The number of nitrogen functional groups attached to an aromatic ring is 1. The molecule has 0 atom stereocenters. The van der Waals surface area contributed by atoms with E-state index in [9.17, 15) is 4.79 Å². The fourth-order valence-electron chi connectivity index (χ4n) is 4.01. The van der Waals surface area contributed by atoms with Crippen LogP contribution in [0.2, 0.25) is 0 Å². The Hall–Kier alpha value is -4.24. The van der Waals surface area contributed by atoms with Crippen LogP contribution in [0.4, 0.5) is 23.0 Å². The number of carbonyl (C=O) groups excluding carboxylic acids is 1. The van der Waals surface area contributed by atoms with Crippen molar-refractivity contribution in [1.29, 1.82) is 5.41 Å². The number of amides is 1. The van der Waals surface area contributed by atoms with Gasteiger partial charge in [0.05, 0.1) is 18.4 Å². The van der Waals surface area contributed by atoms with Gasteiger partial charge in [-0.05, 0) is 56.6 Å². The molecule has 0 saturated heterocycles. The number of hydrogen-bond acceptors (Lipinski definition) is 8. The standard InChI is InChI=1S/C28H33N7O2/c1-18-10-11-19(15-23(18)37-4)26(29)25-27(30)31-17-32-28(25)33-20-7-5-8-22(16-20)35(3)24(36)9-6-14-34(2)21-12-13-21/h5-11,15-17,21,29H,12-14H2,1-4H3,(H3,30,31,32,33). The van der Waals surface area contributed by atoms with E-state index in [2.05, 4.69) is 27.2 Å². The van der Waals surface area contributed by atoms with Gasteiger partial charge in [0, 0.05) is 42.6 Å². The van der Waals surface area contributed by atoms with Gasteiger partial charge >= 0.3 is 0 Å². The third-order valence-corrected chi connectivity index (χ3v) is 6.47. The summed E-state index contributed by atoms with van der Waals surface area (Å²) in [7, 11) is 5.42. The molecule has 1 aromatic heterocycles. The second-order valence-electron chi connectivity index (χ2n) is 9.19. The molecular weight excluding hydrogens is 466 g/mol. The van der Waals surface area contributed by atoms with Gasteiger partial charge in [0.1, 0.15) is 23.7 Å². The molecule has 1 amide bonds. The Bertz CT molecular complexity index is 1330. The molecule has 9 heteroatoms. The van der Waals surface area contributed by atoms with Crippen molar-refractivity contribution in [2.75, 3.05) is 43.7 Å². The topological polar surface area (TPSA) is 120 Å². The number of benzene rings is 2. The van der Waals surface area contributed by atoms with Crippen LogP contribution in [-0.2, 0) is 4.79 Å². The van der Waals surface area contributed by atoms with Gasteiger partial charge in [-0.1, -0.05) is 24.3 Å². The number of anilines is 4. The summed E-state index contributed by atoms with van der Waals surface area (Å²) in [6, 6.07) is 13.6. The van der Waals surface area contributed by atoms with Crippen molar-refractivity contribution in [1.82, 2.24) is 14.9 Å². The summed E-state index contributed by atoms with van der Waals surface area (Å²) in [6.07, 6.45) is 7.33. The first-order valence-corrected chi connectivity index (χ1v) is 12.1. The van der Waals surface area contributed by atoms with Crippen molar-refractivity contribution in [3.8, 4) is 5.75 Å². The van der Waals surface area contributed by atoms with E-state index in [1.54, 1.807) is 31.2 Å². The molecule has 0 bridgehead atoms. The Morgan fingerprint density at radius 2 is 2.00 bits per heavy atom. The van der Waals surface area contributed by atoms with E-state index in [4.69, 9.17) is 15.9 Å². The van der Waals surface area contributed by atoms with E-state index >= 15 is 0 Å². The molecule has 3 aromatic rings. The van der Waals surface area contributed by atoms with Crippen molar-refractivity contribution >= 4 is 34.6 Å². The Morgan fingerprint density at radius 3 is 2.73 bits per heavy atom. The smallest absolute Gasteiger partial charge is 0.250 e. The van der Waals surface area contributed by atoms with Crippen LogP contribution in [0.5, 0.6) is 5.75 Å². The number of carbonyl (C=O) groups is 1. The maximum absolute atomic E-state index is 12.7. The molecule has 37 heavy (non-hydrogen) atoms. The summed E-state index contributed by atoms with van der Waals surface area (Å²) in [4.78, 5) is 25.0. The van der Waals surface area contributed by atoms with E-state index < -0.39 is 0 Å².